The van der Waals surface area contributed by atoms with Crippen molar-refractivity contribution in [2.45, 2.75) is 36.9 Å². The number of halogens is 1. The monoisotopic (exact) mass is 254 g/mol. The number of nitrogen functional groups attached to an aromatic ring is 1. The van der Waals surface area contributed by atoms with Crippen molar-refractivity contribution in [3.8, 4) is 0 Å². The predicted molar refractivity (Wildman–Crippen MR) is 62.7 cm³/mol. The summed E-state index contributed by atoms with van der Waals surface area (Å²) < 4.78 is 0. The van der Waals surface area contributed by atoms with Crippen LogP contribution in [-0.2, 0) is 0 Å². The summed E-state index contributed by atoms with van der Waals surface area (Å²) in [7, 11) is 0. The molecule has 2 atom stereocenters. The number of aryl methyl sites for hydroxylation is 1. The predicted octanol–water partition coefficient (Wildman–Crippen LogP) is 3.00. The van der Waals surface area contributed by atoms with E-state index < -0.39 is 0 Å². The van der Waals surface area contributed by atoms with Crippen LogP contribution in [0.3, 0.4) is 0 Å². The molecule has 3 heteroatoms. The van der Waals surface area contributed by atoms with E-state index in [1.54, 1.807) is 6.20 Å². The first-order valence-corrected chi connectivity index (χ1v) is 5.95. The molecule has 14 heavy (non-hydrogen) atoms. The standard InChI is InChI=1S/C11H15BrN2/c1-7-4-5-14-11(13)10(7)8-2-3-9(12)6-8/h4-5,8-9H,2-3,6H2,1H3,(H2,13,14). The second kappa shape index (κ2) is 3.89. The molecule has 1 saturated carbocycles. The molecule has 1 fully saturated rings. The molecule has 0 bridgehead atoms. The van der Waals surface area contributed by atoms with Crippen LogP contribution in [0.4, 0.5) is 5.82 Å². The Morgan fingerprint density at radius 3 is 2.86 bits per heavy atom. The summed E-state index contributed by atoms with van der Waals surface area (Å²) in [5.41, 5.74) is 8.47. The summed E-state index contributed by atoms with van der Waals surface area (Å²) in [4.78, 5) is 4.83. The third kappa shape index (κ3) is 1.78. The van der Waals surface area contributed by atoms with E-state index in [0.29, 0.717) is 10.7 Å². The number of pyridine rings is 1. The van der Waals surface area contributed by atoms with Gasteiger partial charge in [-0.05, 0) is 43.7 Å². The van der Waals surface area contributed by atoms with Crippen molar-refractivity contribution in [2.75, 3.05) is 5.73 Å². The van der Waals surface area contributed by atoms with Crippen molar-refractivity contribution in [2.24, 2.45) is 0 Å². The highest BCUT2D eigenvalue weighted by molar-refractivity contribution is 9.09. The fourth-order valence-corrected chi connectivity index (χ4v) is 3.03. The molecule has 2 rings (SSSR count). The number of hydrogen-bond donors (Lipinski definition) is 1. The first kappa shape index (κ1) is 9.97. The van der Waals surface area contributed by atoms with Gasteiger partial charge in [0.1, 0.15) is 5.82 Å². The van der Waals surface area contributed by atoms with E-state index in [-0.39, 0.29) is 0 Å². The molecule has 2 N–H and O–H groups in total. The highest BCUT2D eigenvalue weighted by Crippen LogP contribution is 2.40. The van der Waals surface area contributed by atoms with Gasteiger partial charge in [0.05, 0.1) is 0 Å². The molecule has 0 radical (unpaired) electrons. The zero-order chi connectivity index (χ0) is 10.1. The second-order valence-electron chi connectivity index (χ2n) is 4.03. The van der Waals surface area contributed by atoms with Crippen LogP contribution >= 0.6 is 15.9 Å². The van der Waals surface area contributed by atoms with Gasteiger partial charge >= 0.3 is 0 Å². The first-order chi connectivity index (χ1) is 6.68. The fraction of sp³-hybridized carbons (Fsp3) is 0.545. The number of aromatic nitrogens is 1. The van der Waals surface area contributed by atoms with E-state index in [4.69, 9.17) is 5.73 Å². The molecule has 76 valence electrons. The summed E-state index contributed by atoms with van der Waals surface area (Å²) in [5.74, 6) is 1.32. The first-order valence-electron chi connectivity index (χ1n) is 5.03. The van der Waals surface area contributed by atoms with E-state index in [2.05, 4.69) is 27.8 Å². The van der Waals surface area contributed by atoms with E-state index in [1.807, 2.05) is 6.07 Å². The van der Waals surface area contributed by atoms with Gasteiger partial charge in [0.15, 0.2) is 0 Å². The summed E-state index contributed by atoms with van der Waals surface area (Å²) in [5, 5.41) is 0. The van der Waals surface area contributed by atoms with E-state index in [1.165, 1.54) is 30.4 Å². The lowest BCUT2D eigenvalue weighted by atomic mass is 9.94. The van der Waals surface area contributed by atoms with Crippen molar-refractivity contribution in [1.29, 1.82) is 0 Å². The lowest BCUT2D eigenvalue weighted by molar-refractivity contribution is 0.719. The van der Waals surface area contributed by atoms with Crippen LogP contribution in [0.5, 0.6) is 0 Å². The molecule has 0 spiro atoms. The minimum absolute atomic E-state index is 0.605. The molecule has 1 aromatic heterocycles. The molecule has 0 saturated heterocycles. The van der Waals surface area contributed by atoms with Crippen LogP contribution in [0.1, 0.15) is 36.3 Å². The topological polar surface area (TPSA) is 38.9 Å². The van der Waals surface area contributed by atoms with Gasteiger partial charge in [-0.2, -0.15) is 0 Å². The Bertz CT molecular complexity index is 318. The van der Waals surface area contributed by atoms with Gasteiger partial charge in [-0.1, -0.05) is 15.9 Å². The SMILES string of the molecule is Cc1ccnc(N)c1C1CCC(Br)C1. The Labute approximate surface area is 93.0 Å². The molecule has 1 aliphatic rings. The zero-order valence-electron chi connectivity index (χ0n) is 8.33. The Hall–Kier alpha value is -0.570. The molecule has 0 aromatic carbocycles. The van der Waals surface area contributed by atoms with Crippen molar-refractivity contribution < 1.29 is 0 Å². The van der Waals surface area contributed by atoms with Crippen molar-refractivity contribution in [1.82, 2.24) is 4.98 Å². The number of rotatable bonds is 1. The van der Waals surface area contributed by atoms with Crippen LogP contribution in [0.15, 0.2) is 12.3 Å². The Balaban J connectivity index is 2.31. The number of anilines is 1. The van der Waals surface area contributed by atoms with Crippen molar-refractivity contribution in [3.63, 3.8) is 0 Å². The Kier molecular flexibility index (Phi) is 2.77. The fourth-order valence-electron chi connectivity index (χ4n) is 2.31. The maximum absolute atomic E-state index is 5.92. The Morgan fingerprint density at radius 2 is 2.29 bits per heavy atom. The Morgan fingerprint density at radius 1 is 1.50 bits per heavy atom. The maximum Gasteiger partial charge on any atom is 0.127 e. The number of nitrogens with two attached hydrogens (primary N) is 1. The van der Waals surface area contributed by atoms with Crippen molar-refractivity contribution >= 4 is 21.7 Å². The van der Waals surface area contributed by atoms with Crippen LogP contribution in [-0.4, -0.2) is 9.81 Å². The number of alkyl halides is 1. The highest BCUT2D eigenvalue weighted by atomic mass is 79.9. The van der Waals surface area contributed by atoms with E-state index in [0.717, 1.165) is 5.82 Å². The third-order valence-corrected chi connectivity index (χ3v) is 3.85. The smallest absolute Gasteiger partial charge is 0.127 e. The quantitative estimate of drug-likeness (QED) is 0.783. The van der Waals surface area contributed by atoms with Gasteiger partial charge in [-0.15, -0.1) is 0 Å². The molecule has 1 aromatic rings. The van der Waals surface area contributed by atoms with Crippen LogP contribution < -0.4 is 5.73 Å². The minimum Gasteiger partial charge on any atom is -0.383 e. The van der Waals surface area contributed by atoms with Gasteiger partial charge in [0.2, 0.25) is 0 Å². The average molecular weight is 255 g/mol. The molecule has 2 unspecified atom stereocenters. The zero-order valence-corrected chi connectivity index (χ0v) is 9.92. The van der Waals surface area contributed by atoms with Gasteiger partial charge in [-0.3, -0.25) is 0 Å². The lowest BCUT2D eigenvalue weighted by Crippen LogP contribution is -2.04. The van der Waals surface area contributed by atoms with Gasteiger partial charge in [0, 0.05) is 16.6 Å². The molecular formula is C11H15BrN2. The highest BCUT2D eigenvalue weighted by Gasteiger charge is 2.26. The third-order valence-electron chi connectivity index (χ3n) is 3.02. The van der Waals surface area contributed by atoms with Gasteiger partial charge < -0.3 is 5.73 Å². The van der Waals surface area contributed by atoms with Crippen LogP contribution in [0, 0.1) is 6.92 Å². The van der Waals surface area contributed by atoms with E-state index in [9.17, 15) is 0 Å². The summed E-state index contributed by atoms with van der Waals surface area (Å²) >= 11 is 3.66. The molecule has 1 heterocycles. The van der Waals surface area contributed by atoms with E-state index >= 15 is 0 Å². The maximum atomic E-state index is 5.92. The molecule has 1 aliphatic carbocycles. The second-order valence-corrected chi connectivity index (χ2v) is 5.33. The molecule has 0 amide bonds. The van der Waals surface area contributed by atoms with Crippen LogP contribution in [0.2, 0.25) is 0 Å². The van der Waals surface area contributed by atoms with Crippen molar-refractivity contribution in [3.05, 3.63) is 23.4 Å². The molecular weight excluding hydrogens is 240 g/mol. The average Bonchev–Trinajstić information content (AvgIpc) is 2.51. The van der Waals surface area contributed by atoms with Gasteiger partial charge in [0.25, 0.3) is 0 Å². The summed E-state index contributed by atoms with van der Waals surface area (Å²) in [6, 6.07) is 2.05. The molecule has 2 nitrogen and oxygen atoms in total. The molecule has 0 aliphatic heterocycles. The largest absolute Gasteiger partial charge is 0.383 e. The normalized spacial score (nSPS) is 26.7. The number of nitrogens with zero attached hydrogens (tertiary/aromatic N) is 1. The minimum atomic E-state index is 0.605. The lowest BCUT2D eigenvalue weighted by Gasteiger charge is -2.14. The number of hydrogen-bond acceptors (Lipinski definition) is 2. The van der Waals surface area contributed by atoms with Gasteiger partial charge in [-0.25, -0.2) is 4.98 Å². The summed E-state index contributed by atoms with van der Waals surface area (Å²) in [6.45, 7) is 2.12. The summed E-state index contributed by atoms with van der Waals surface area (Å²) in [6.07, 6.45) is 5.45. The van der Waals surface area contributed by atoms with Crippen LogP contribution in [0.25, 0.3) is 0 Å².